The van der Waals surface area contributed by atoms with Gasteiger partial charge < -0.3 is 19.5 Å². The van der Waals surface area contributed by atoms with Crippen molar-refractivity contribution in [2.75, 3.05) is 46.5 Å². The predicted octanol–water partition coefficient (Wildman–Crippen LogP) is 3.21. The Hall–Kier alpha value is -2.68. The zero-order valence-electron chi connectivity index (χ0n) is 17.8. The van der Waals surface area contributed by atoms with E-state index in [4.69, 9.17) is 9.47 Å². The molecule has 7 nitrogen and oxygen atoms in total. The first-order valence-electron chi connectivity index (χ1n) is 10.5. The Morgan fingerprint density at radius 2 is 1.84 bits per heavy atom. The Labute approximate surface area is 195 Å². The third kappa shape index (κ3) is 4.57. The molecule has 8 heteroatoms. The Balaban J connectivity index is 1.73. The van der Waals surface area contributed by atoms with E-state index in [1.165, 1.54) is 7.11 Å². The lowest BCUT2D eigenvalue weighted by Crippen LogP contribution is -2.42. The van der Waals surface area contributed by atoms with Gasteiger partial charge in [0.05, 0.1) is 31.9 Å². The molecule has 2 aromatic carbocycles. The Bertz CT molecular complexity index is 1030. The number of nitrogens with zero attached hydrogens (tertiary/aromatic N) is 2. The second-order valence-electron chi connectivity index (χ2n) is 7.73. The maximum Gasteiger partial charge on any atom is 0.295 e. The number of halogens is 1. The number of aliphatic hydroxyl groups excluding tert-OH is 1. The lowest BCUT2D eigenvalue weighted by molar-refractivity contribution is -0.140. The van der Waals surface area contributed by atoms with Crippen LogP contribution in [0.25, 0.3) is 5.76 Å². The van der Waals surface area contributed by atoms with Gasteiger partial charge in [-0.3, -0.25) is 14.5 Å². The molecule has 1 unspecified atom stereocenters. The number of hydrogen-bond acceptors (Lipinski definition) is 6. The number of aliphatic hydroxyl groups is 1. The quantitative estimate of drug-likeness (QED) is 0.372. The molecular weight excluding hydrogens is 476 g/mol. The van der Waals surface area contributed by atoms with Crippen LogP contribution in [0.2, 0.25) is 0 Å². The number of methoxy groups -OCH3 is 1. The monoisotopic (exact) mass is 500 g/mol. The van der Waals surface area contributed by atoms with Crippen LogP contribution in [-0.2, 0) is 14.3 Å². The van der Waals surface area contributed by atoms with E-state index in [-0.39, 0.29) is 11.3 Å². The highest BCUT2D eigenvalue weighted by Crippen LogP contribution is 2.39. The fourth-order valence-electron chi connectivity index (χ4n) is 4.10. The van der Waals surface area contributed by atoms with E-state index in [1.807, 2.05) is 24.3 Å². The number of carbonyl (C=O) groups is 2. The summed E-state index contributed by atoms with van der Waals surface area (Å²) in [6.45, 7) is 3.89. The number of benzene rings is 2. The van der Waals surface area contributed by atoms with Crippen molar-refractivity contribution in [3.8, 4) is 5.75 Å². The van der Waals surface area contributed by atoms with Crippen molar-refractivity contribution in [3.05, 3.63) is 69.7 Å². The van der Waals surface area contributed by atoms with Gasteiger partial charge in [0.1, 0.15) is 11.5 Å². The van der Waals surface area contributed by atoms with Gasteiger partial charge >= 0.3 is 0 Å². The van der Waals surface area contributed by atoms with Crippen LogP contribution in [0.1, 0.15) is 17.2 Å². The molecule has 1 atom stereocenters. The first-order chi connectivity index (χ1) is 15.5. The molecule has 0 aromatic heterocycles. The van der Waals surface area contributed by atoms with Crippen LogP contribution in [0.5, 0.6) is 5.75 Å². The maximum atomic E-state index is 13.1. The van der Waals surface area contributed by atoms with Gasteiger partial charge in [0, 0.05) is 36.2 Å². The van der Waals surface area contributed by atoms with Gasteiger partial charge in [-0.25, -0.2) is 0 Å². The van der Waals surface area contributed by atoms with Crippen LogP contribution < -0.4 is 4.74 Å². The summed E-state index contributed by atoms with van der Waals surface area (Å²) in [5, 5.41) is 11.1. The maximum absolute atomic E-state index is 13.1. The number of morpholine rings is 1. The van der Waals surface area contributed by atoms with Gasteiger partial charge in [-0.15, -0.1) is 0 Å². The van der Waals surface area contributed by atoms with Crippen LogP contribution >= 0.6 is 15.9 Å². The lowest BCUT2D eigenvalue weighted by Gasteiger charge is -2.31. The minimum Gasteiger partial charge on any atom is -0.507 e. The largest absolute Gasteiger partial charge is 0.507 e. The minimum absolute atomic E-state index is 0.0903. The molecular formula is C24H25BrN2O5. The van der Waals surface area contributed by atoms with Gasteiger partial charge in [0.2, 0.25) is 0 Å². The third-order valence-electron chi connectivity index (χ3n) is 5.83. The molecule has 0 radical (unpaired) electrons. The van der Waals surface area contributed by atoms with Gasteiger partial charge in [0.25, 0.3) is 11.7 Å². The zero-order valence-corrected chi connectivity index (χ0v) is 19.4. The van der Waals surface area contributed by atoms with Crippen molar-refractivity contribution in [3.63, 3.8) is 0 Å². The molecule has 4 rings (SSSR count). The zero-order chi connectivity index (χ0) is 22.7. The molecule has 0 spiro atoms. The van der Waals surface area contributed by atoms with Crippen LogP contribution in [-0.4, -0.2) is 73.1 Å². The molecule has 2 fully saturated rings. The number of amides is 1. The molecule has 2 heterocycles. The number of ether oxygens (including phenoxy) is 2. The molecule has 0 saturated carbocycles. The summed E-state index contributed by atoms with van der Waals surface area (Å²) in [7, 11) is 1.53. The van der Waals surface area contributed by atoms with Crippen LogP contribution in [0, 0.1) is 0 Å². The first-order valence-corrected chi connectivity index (χ1v) is 11.3. The topological polar surface area (TPSA) is 79.3 Å². The van der Waals surface area contributed by atoms with E-state index in [1.54, 1.807) is 29.2 Å². The van der Waals surface area contributed by atoms with E-state index >= 15 is 0 Å². The van der Waals surface area contributed by atoms with Crippen molar-refractivity contribution in [2.24, 2.45) is 0 Å². The van der Waals surface area contributed by atoms with Crippen molar-refractivity contribution >= 4 is 33.4 Å². The number of likely N-dealkylation sites (tertiary alicyclic amines) is 1. The first kappa shape index (κ1) is 22.5. The molecule has 0 aliphatic carbocycles. The summed E-state index contributed by atoms with van der Waals surface area (Å²) in [4.78, 5) is 29.9. The normalized spacial score (nSPS) is 21.2. The Morgan fingerprint density at radius 3 is 2.53 bits per heavy atom. The van der Waals surface area contributed by atoms with E-state index < -0.39 is 17.7 Å². The van der Waals surface area contributed by atoms with Crippen molar-refractivity contribution in [2.45, 2.75) is 6.04 Å². The molecule has 2 aliphatic rings. The van der Waals surface area contributed by atoms with Crippen molar-refractivity contribution < 1.29 is 24.2 Å². The van der Waals surface area contributed by atoms with Crippen molar-refractivity contribution in [1.82, 2.24) is 9.80 Å². The van der Waals surface area contributed by atoms with Crippen LogP contribution in [0.4, 0.5) is 0 Å². The second kappa shape index (κ2) is 9.85. The number of ketones is 1. The number of hydrogen-bond donors (Lipinski definition) is 1. The highest BCUT2D eigenvalue weighted by atomic mass is 79.9. The van der Waals surface area contributed by atoms with Gasteiger partial charge in [-0.05, 0) is 29.8 Å². The highest BCUT2D eigenvalue weighted by Gasteiger charge is 2.46. The van der Waals surface area contributed by atoms with E-state index in [9.17, 15) is 14.7 Å². The molecule has 168 valence electrons. The van der Waals surface area contributed by atoms with Gasteiger partial charge in [-0.2, -0.15) is 0 Å². The number of carbonyl (C=O) groups excluding carboxylic acids is 2. The summed E-state index contributed by atoms with van der Waals surface area (Å²) in [6.07, 6.45) is 0. The molecule has 32 heavy (non-hydrogen) atoms. The van der Waals surface area contributed by atoms with Crippen LogP contribution in [0.15, 0.2) is 58.6 Å². The second-order valence-corrected chi connectivity index (χ2v) is 8.65. The Morgan fingerprint density at radius 1 is 1.12 bits per heavy atom. The van der Waals surface area contributed by atoms with Crippen molar-refractivity contribution in [1.29, 1.82) is 0 Å². The lowest BCUT2D eigenvalue weighted by atomic mass is 9.95. The summed E-state index contributed by atoms with van der Waals surface area (Å²) in [5.74, 6) is -0.935. The van der Waals surface area contributed by atoms with E-state index in [0.717, 1.165) is 23.1 Å². The molecule has 2 aliphatic heterocycles. The minimum atomic E-state index is -0.680. The van der Waals surface area contributed by atoms with E-state index in [0.29, 0.717) is 37.6 Å². The summed E-state index contributed by atoms with van der Waals surface area (Å²) in [6, 6.07) is 13.6. The van der Waals surface area contributed by atoms with Gasteiger partial charge in [0.15, 0.2) is 0 Å². The highest BCUT2D eigenvalue weighted by molar-refractivity contribution is 9.10. The smallest absolute Gasteiger partial charge is 0.295 e. The SMILES string of the molecule is COc1cccc(/C(O)=C2\C(=O)C(=O)N(CCN3CCOCC3)C2c2ccc(Br)cc2)c1. The van der Waals surface area contributed by atoms with E-state index in [2.05, 4.69) is 20.8 Å². The standard InChI is InChI=1S/C24H25BrN2O5/c1-31-19-4-2-3-17(15-19)22(28)20-21(16-5-7-18(25)8-6-16)27(24(30)23(20)29)10-9-26-11-13-32-14-12-26/h2-8,15,21,28H,9-14H2,1H3/b22-20+. The molecule has 0 bridgehead atoms. The number of Topliss-reactive ketones (excluding diaryl/α,β-unsaturated/α-hetero) is 1. The third-order valence-corrected chi connectivity index (χ3v) is 6.36. The summed E-state index contributed by atoms with van der Waals surface area (Å²) in [5.41, 5.74) is 1.28. The summed E-state index contributed by atoms with van der Waals surface area (Å²) < 4.78 is 11.5. The van der Waals surface area contributed by atoms with Crippen LogP contribution in [0.3, 0.4) is 0 Å². The average molecular weight is 501 g/mol. The average Bonchev–Trinajstić information content (AvgIpc) is 3.08. The van der Waals surface area contributed by atoms with Gasteiger partial charge in [-0.1, -0.05) is 40.2 Å². The predicted molar refractivity (Wildman–Crippen MR) is 123 cm³/mol. The molecule has 1 amide bonds. The Kier molecular flexibility index (Phi) is 6.93. The molecule has 2 saturated heterocycles. The fraction of sp³-hybridized carbons (Fsp3) is 0.333. The fourth-order valence-corrected chi connectivity index (χ4v) is 4.37. The number of rotatable bonds is 6. The molecule has 2 aromatic rings. The summed E-state index contributed by atoms with van der Waals surface area (Å²) >= 11 is 3.43. The molecule has 1 N–H and O–H groups in total.